The van der Waals surface area contributed by atoms with Gasteiger partial charge in [0.05, 0.1) is 18.7 Å². The first-order valence-corrected chi connectivity index (χ1v) is 7.77. The van der Waals surface area contributed by atoms with Crippen molar-refractivity contribution in [2.24, 2.45) is 0 Å². The van der Waals surface area contributed by atoms with Crippen LogP contribution in [0.2, 0.25) is 0 Å². The van der Waals surface area contributed by atoms with Crippen LogP contribution in [-0.2, 0) is 6.61 Å². The van der Waals surface area contributed by atoms with Crippen LogP contribution in [0.1, 0.15) is 22.3 Å². The molecule has 0 aliphatic heterocycles. The highest BCUT2D eigenvalue weighted by atomic mass is 16.5. The molecule has 0 unspecified atom stereocenters. The quantitative estimate of drug-likeness (QED) is 0.677. The number of hydrogen-bond donors (Lipinski definition) is 0. The van der Waals surface area contributed by atoms with Crippen LogP contribution in [0.4, 0.5) is 0 Å². The first-order chi connectivity index (χ1) is 12.0. The first kappa shape index (κ1) is 16.6. The van der Waals surface area contributed by atoms with Crippen LogP contribution in [0.15, 0.2) is 45.6 Å². The van der Waals surface area contributed by atoms with Crippen molar-refractivity contribution in [3.05, 3.63) is 69.1 Å². The molecule has 0 aliphatic rings. The van der Waals surface area contributed by atoms with Gasteiger partial charge in [0, 0.05) is 23.1 Å². The molecule has 5 nitrogen and oxygen atoms in total. The second kappa shape index (κ2) is 6.70. The number of aryl methyl sites for hydroxylation is 2. The third-order valence-corrected chi connectivity index (χ3v) is 4.19. The van der Waals surface area contributed by atoms with Gasteiger partial charge in [0.2, 0.25) is 0 Å². The van der Waals surface area contributed by atoms with Crippen molar-refractivity contribution in [3.8, 4) is 17.6 Å². The Kier molecular flexibility index (Phi) is 4.44. The van der Waals surface area contributed by atoms with Crippen LogP contribution >= 0.6 is 0 Å². The molecule has 0 spiro atoms. The van der Waals surface area contributed by atoms with Crippen LogP contribution in [0.25, 0.3) is 11.0 Å². The zero-order valence-corrected chi connectivity index (χ0v) is 14.3. The van der Waals surface area contributed by atoms with Crippen LogP contribution < -0.4 is 15.1 Å². The van der Waals surface area contributed by atoms with Gasteiger partial charge in [-0.15, -0.1) is 0 Å². The highest BCUT2D eigenvalue weighted by Crippen LogP contribution is 2.30. The lowest BCUT2D eigenvalue weighted by Crippen LogP contribution is -2.05. The minimum Gasteiger partial charge on any atom is -0.493 e. The molecule has 0 bridgehead atoms. The summed E-state index contributed by atoms with van der Waals surface area (Å²) in [6.45, 7) is 4.08. The lowest BCUT2D eigenvalue weighted by molar-refractivity contribution is 0.285. The Labute approximate surface area is 145 Å². The second-order valence-corrected chi connectivity index (χ2v) is 5.74. The van der Waals surface area contributed by atoms with Gasteiger partial charge in [-0.25, -0.2) is 4.79 Å². The Balaban J connectivity index is 1.98. The van der Waals surface area contributed by atoms with Crippen LogP contribution in [0.5, 0.6) is 11.5 Å². The smallest absolute Gasteiger partial charge is 0.336 e. The molecule has 1 aromatic heterocycles. The molecule has 0 fully saturated rings. The van der Waals surface area contributed by atoms with E-state index >= 15 is 0 Å². The summed E-state index contributed by atoms with van der Waals surface area (Å²) in [6.07, 6.45) is 0. The molecule has 1 heterocycles. The lowest BCUT2D eigenvalue weighted by Gasteiger charge is -2.12. The van der Waals surface area contributed by atoms with E-state index in [4.69, 9.17) is 19.2 Å². The third kappa shape index (κ3) is 3.20. The SMILES string of the molecule is COc1cc(C#N)ccc1OCc1cc(=O)oc2c(C)c(C)ccc12. The minimum absolute atomic E-state index is 0.187. The fourth-order valence-electron chi connectivity index (χ4n) is 2.66. The van der Waals surface area contributed by atoms with Crippen molar-refractivity contribution in [1.82, 2.24) is 0 Å². The van der Waals surface area contributed by atoms with E-state index < -0.39 is 5.63 Å². The summed E-state index contributed by atoms with van der Waals surface area (Å²) < 4.78 is 16.5. The fourth-order valence-corrected chi connectivity index (χ4v) is 2.66. The van der Waals surface area contributed by atoms with E-state index in [0.717, 1.165) is 22.1 Å². The molecule has 3 aromatic rings. The third-order valence-electron chi connectivity index (χ3n) is 4.19. The molecule has 5 heteroatoms. The summed E-state index contributed by atoms with van der Waals surface area (Å²) in [5.41, 5.74) is 3.39. The molecule has 0 saturated carbocycles. The second-order valence-electron chi connectivity index (χ2n) is 5.74. The number of benzene rings is 2. The zero-order valence-electron chi connectivity index (χ0n) is 14.3. The van der Waals surface area contributed by atoms with Gasteiger partial charge in [-0.05, 0) is 37.1 Å². The Hall–Kier alpha value is -3.26. The highest BCUT2D eigenvalue weighted by molar-refractivity contribution is 5.83. The van der Waals surface area contributed by atoms with E-state index in [1.54, 1.807) is 18.2 Å². The molecule has 0 amide bonds. The van der Waals surface area contributed by atoms with Crippen LogP contribution in [0, 0.1) is 25.2 Å². The summed E-state index contributed by atoms with van der Waals surface area (Å²) in [5, 5.41) is 9.80. The van der Waals surface area contributed by atoms with E-state index in [9.17, 15) is 4.79 Å². The summed E-state index contributed by atoms with van der Waals surface area (Å²) in [7, 11) is 1.52. The van der Waals surface area contributed by atoms with E-state index in [1.165, 1.54) is 13.2 Å². The Morgan fingerprint density at radius 1 is 1.12 bits per heavy atom. The van der Waals surface area contributed by atoms with E-state index in [1.807, 2.05) is 26.0 Å². The number of ether oxygens (including phenoxy) is 2. The van der Waals surface area contributed by atoms with Crippen molar-refractivity contribution in [3.63, 3.8) is 0 Å². The molecule has 0 aliphatic carbocycles. The van der Waals surface area contributed by atoms with Crippen LogP contribution in [-0.4, -0.2) is 7.11 Å². The van der Waals surface area contributed by atoms with Crippen molar-refractivity contribution < 1.29 is 13.9 Å². The topological polar surface area (TPSA) is 72.5 Å². The largest absolute Gasteiger partial charge is 0.493 e. The Bertz CT molecular complexity index is 1040. The highest BCUT2D eigenvalue weighted by Gasteiger charge is 2.12. The Morgan fingerprint density at radius 2 is 1.92 bits per heavy atom. The number of methoxy groups -OCH3 is 1. The average Bonchev–Trinajstić information content (AvgIpc) is 2.63. The van der Waals surface area contributed by atoms with Gasteiger partial charge in [-0.3, -0.25) is 0 Å². The van der Waals surface area contributed by atoms with E-state index in [2.05, 4.69) is 6.07 Å². The molecule has 25 heavy (non-hydrogen) atoms. The number of nitriles is 1. The molecule has 126 valence electrons. The van der Waals surface area contributed by atoms with Crippen LogP contribution in [0.3, 0.4) is 0 Å². The van der Waals surface area contributed by atoms with Gasteiger partial charge in [-0.2, -0.15) is 5.26 Å². The average molecular weight is 335 g/mol. The Morgan fingerprint density at radius 3 is 2.64 bits per heavy atom. The predicted molar refractivity (Wildman–Crippen MR) is 94.0 cm³/mol. The summed E-state index contributed by atoms with van der Waals surface area (Å²) >= 11 is 0. The molecule has 0 atom stereocenters. The molecule has 0 N–H and O–H groups in total. The molecule has 2 aromatic carbocycles. The minimum atomic E-state index is -0.411. The summed E-state index contributed by atoms with van der Waals surface area (Å²) in [6, 6.07) is 12.4. The maximum Gasteiger partial charge on any atom is 0.336 e. The van der Waals surface area contributed by atoms with Gasteiger partial charge < -0.3 is 13.9 Å². The fraction of sp³-hybridized carbons (Fsp3) is 0.200. The molecule has 0 radical (unpaired) electrons. The van der Waals surface area contributed by atoms with Crippen molar-refractivity contribution in [2.75, 3.05) is 7.11 Å². The normalized spacial score (nSPS) is 10.5. The first-order valence-electron chi connectivity index (χ1n) is 7.77. The standard InChI is InChI=1S/C20H17NO4/c1-12-4-6-16-15(9-19(22)25-20(16)13(12)2)11-24-17-7-5-14(10-21)8-18(17)23-3/h4-9H,11H2,1-3H3. The number of rotatable bonds is 4. The van der Waals surface area contributed by atoms with E-state index in [0.29, 0.717) is 22.6 Å². The molecular formula is C20H17NO4. The predicted octanol–water partition coefficient (Wildman–Crippen LogP) is 3.87. The van der Waals surface area contributed by atoms with Gasteiger partial charge in [0.1, 0.15) is 12.2 Å². The van der Waals surface area contributed by atoms with Crippen molar-refractivity contribution in [1.29, 1.82) is 5.26 Å². The number of hydrogen-bond acceptors (Lipinski definition) is 5. The zero-order chi connectivity index (χ0) is 18.0. The lowest BCUT2D eigenvalue weighted by atomic mass is 10.0. The molecule has 3 rings (SSSR count). The monoisotopic (exact) mass is 335 g/mol. The maximum absolute atomic E-state index is 11.9. The number of nitrogens with zero attached hydrogens (tertiary/aromatic N) is 1. The van der Waals surface area contributed by atoms with Gasteiger partial charge in [-0.1, -0.05) is 12.1 Å². The van der Waals surface area contributed by atoms with Gasteiger partial charge in [0.25, 0.3) is 0 Å². The maximum atomic E-state index is 11.9. The van der Waals surface area contributed by atoms with Gasteiger partial charge in [0.15, 0.2) is 11.5 Å². The van der Waals surface area contributed by atoms with Crippen molar-refractivity contribution >= 4 is 11.0 Å². The molecular weight excluding hydrogens is 318 g/mol. The van der Waals surface area contributed by atoms with Gasteiger partial charge >= 0.3 is 5.63 Å². The van der Waals surface area contributed by atoms with Crippen molar-refractivity contribution in [2.45, 2.75) is 20.5 Å². The summed E-state index contributed by atoms with van der Waals surface area (Å²) in [5.74, 6) is 0.977. The van der Waals surface area contributed by atoms with E-state index in [-0.39, 0.29) is 6.61 Å². The number of fused-ring (bicyclic) bond motifs is 1. The summed E-state index contributed by atoms with van der Waals surface area (Å²) in [4.78, 5) is 11.9. The molecule has 0 saturated heterocycles.